The quantitative estimate of drug-likeness (QED) is 0.600. The third-order valence-corrected chi connectivity index (χ3v) is 4.28. The molecule has 0 saturated carbocycles. The van der Waals surface area contributed by atoms with Crippen molar-refractivity contribution in [3.8, 4) is 22.8 Å². The molecule has 7 heteroatoms. The van der Waals surface area contributed by atoms with Gasteiger partial charge in [0.2, 0.25) is 5.91 Å². The van der Waals surface area contributed by atoms with E-state index in [4.69, 9.17) is 4.74 Å². The Bertz CT molecular complexity index is 1020. The number of carbonyl (C=O) groups is 2. The molecule has 0 aliphatic carbocycles. The molecule has 0 saturated heterocycles. The normalized spacial score (nSPS) is 11.4. The molecule has 0 bridgehead atoms. The Morgan fingerprint density at radius 1 is 1.00 bits per heavy atom. The molecule has 6 nitrogen and oxygen atoms in total. The van der Waals surface area contributed by atoms with Crippen LogP contribution in [-0.4, -0.2) is 30.0 Å². The smallest absolute Gasteiger partial charge is 0.328 e. The Balaban J connectivity index is 1.65. The Kier molecular flexibility index (Phi) is 6.75. The molecule has 1 aromatic heterocycles. The van der Waals surface area contributed by atoms with Gasteiger partial charge in [-0.1, -0.05) is 6.07 Å². The third kappa shape index (κ3) is 5.64. The van der Waals surface area contributed by atoms with Crippen LogP contribution in [0, 0.1) is 5.82 Å². The van der Waals surface area contributed by atoms with E-state index in [1.54, 1.807) is 37.3 Å². The summed E-state index contributed by atoms with van der Waals surface area (Å²) >= 11 is 0. The number of ether oxygens (including phenoxy) is 2. The molecule has 0 radical (unpaired) electrons. The van der Waals surface area contributed by atoms with E-state index in [0.29, 0.717) is 22.9 Å². The van der Waals surface area contributed by atoms with Gasteiger partial charge in [-0.25, -0.2) is 9.18 Å². The van der Waals surface area contributed by atoms with Crippen LogP contribution in [0.4, 0.5) is 4.39 Å². The van der Waals surface area contributed by atoms with Crippen LogP contribution in [-0.2, 0) is 20.7 Å². The van der Waals surface area contributed by atoms with E-state index < -0.39 is 12.0 Å². The highest BCUT2D eigenvalue weighted by Gasteiger charge is 2.16. The predicted octanol–water partition coefficient (Wildman–Crippen LogP) is 3.90. The van der Waals surface area contributed by atoms with Crippen molar-refractivity contribution < 1.29 is 23.5 Å². The highest BCUT2D eigenvalue weighted by atomic mass is 19.1. The van der Waals surface area contributed by atoms with Crippen LogP contribution in [0.15, 0.2) is 66.7 Å². The second-order valence-corrected chi connectivity index (χ2v) is 6.58. The van der Waals surface area contributed by atoms with E-state index in [2.05, 4.69) is 15.0 Å². The van der Waals surface area contributed by atoms with Gasteiger partial charge in [-0.15, -0.1) is 0 Å². The number of hydrogen-bond donors (Lipinski definition) is 1. The van der Waals surface area contributed by atoms with Crippen LogP contribution >= 0.6 is 0 Å². The van der Waals surface area contributed by atoms with Gasteiger partial charge in [-0.3, -0.25) is 9.78 Å². The molecule has 1 amide bonds. The number of rotatable bonds is 7. The van der Waals surface area contributed by atoms with Gasteiger partial charge in [-0.05, 0) is 67.6 Å². The van der Waals surface area contributed by atoms with E-state index in [-0.39, 0.29) is 18.1 Å². The maximum absolute atomic E-state index is 13.0. The van der Waals surface area contributed by atoms with Crippen LogP contribution in [0.2, 0.25) is 0 Å². The SMILES string of the molecule is COC(=O)[C@H](C)NC(=O)Cc1cccc(-c2ccc(Oc3ccc(F)cc3)cc2)n1. The zero-order chi connectivity index (χ0) is 21.5. The van der Waals surface area contributed by atoms with Crippen LogP contribution in [0.5, 0.6) is 11.5 Å². The molecule has 154 valence electrons. The molecule has 0 spiro atoms. The van der Waals surface area contributed by atoms with Crippen molar-refractivity contribution in [1.82, 2.24) is 10.3 Å². The van der Waals surface area contributed by atoms with E-state index in [1.165, 1.54) is 19.2 Å². The maximum Gasteiger partial charge on any atom is 0.328 e. The van der Waals surface area contributed by atoms with Crippen LogP contribution in [0.3, 0.4) is 0 Å². The van der Waals surface area contributed by atoms with E-state index in [1.807, 2.05) is 24.3 Å². The molecule has 0 aliphatic heterocycles. The second-order valence-electron chi connectivity index (χ2n) is 6.58. The number of esters is 1. The van der Waals surface area contributed by atoms with E-state index >= 15 is 0 Å². The molecule has 0 aliphatic rings. The molecule has 0 unspecified atom stereocenters. The summed E-state index contributed by atoms with van der Waals surface area (Å²) in [7, 11) is 1.27. The average molecular weight is 408 g/mol. The molecule has 1 heterocycles. The zero-order valence-corrected chi connectivity index (χ0v) is 16.6. The number of benzene rings is 2. The Hall–Kier alpha value is -3.74. The zero-order valence-electron chi connectivity index (χ0n) is 16.6. The lowest BCUT2D eigenvalue weighted by molar-refractivity contribution is -0.144. The predicted molar refractivity (Wildman–Crippen MR) is 109 cm³/mol. The van der Waals surface area contributed by atoms with Gasteiger partial charge in [0.1, 0.15) is 23.4 Å². The molecule has 3 aromatic rings. The van der Waals surface area contributed by atoms with Crippen LogP contribution in [0.1, 0.15) is 12.6 Å². The summed E-state index contributed by atoms with van der Waals surface area (Å²) in [5.41, 5.74) is 2.13. The maximum atomic E-state index is 13.0. The highest BCUT2D eigenvalue weighted by Crippen LogP contribution is 2.25. The summed E-state index contributed by atoms with van der Waals surface area (Å²) in [4.78, 5) is 28.1. The number of pyridine rings is 1. The van der Waals surface area contributed by atoms with E-state index in [9.17, 15) is 14.0 Å². The van der Waals surface area contributed by atoms with Crippen LogP contribution in [0.25, 0.3) is 11.3 Å². The summed E-state index contributed by atoms with van der Waals surface area (Å²) < 4.78 is 23.3. The van der Waals surface area contributed by atoms with Crippen molar-refractivity contribution in [2.24, 2.45) is 0 Å². The van der Waals surface area contributed by atoms with Gasteiger partial charge in [0.25, 0.3) is 0 Å². The third-order valence-electron chi connectivity index (χ3n) is 4.28. The van der Waals surface area contributed by atoms with Gasteiger partial charge >= 0.3 is 5.97 Å². The van der Waals surface area contributed by atoms with Gasteiger partial charge in [-0.2, -0.15) is 0 Å². The molecule has 0 fully saturated rings. The topological polar surface area (TPSA) is 77.5 Å². The van der Waals surface area contributed by atoms with Crippen molar-refractivity contribution >= 4 is 11.9 Å². The minimum absolute atomic E-state index is 0.0426. The van der Waals surface area contributed by atoms with Crippen molar-refractivity contribution in [3.63, 3.8) is 0 Å². The summed E-state index contributed by atoms with van der Waals surface area (Å²) in [6.07, 6.45) is 0.0426. The lowest BCUT2D eigenvalue weighted by Gasteiger charge is -2.11. The molecule has 2 aromatic carbocycles. The fraction of sp³-hybridized carbons (Fsp3) is 0.174. The fourth-order valence-electron chi connectivity index (χ4n) is 2.76. The molecular weight excluding hydrogens is 387 g/mol. The standard InChI is InChI=1S/C23H21FN2O4/c1-15(23(28)29-2)25-22(27)14-18-4-3-5-21(26-18)16-6-10-19(11-7-16)30-20-12-8-17(24)9-13-20/h3-13,15H,14H2,1-2H3,(H,25,27)/t15-/m0/s1. The minimum Gasteiger partial charge on any atom is -0.467 e. The first kappa shape index (κ1) is 21.0. The molecule has 1 atom stereocenters. The molecular formula is C23H21FN2O4. The lowest BCUT2D eigenvalue weighted by Crippen LogP contribution is -2.40. The average Bonchev–Trinajstić information content (AvgIpc) is 2.75. The summed E-state index contributed by atoms with van der Waals surface area (Å²) in [6, 6.07) is 17.7. The Labute approximate surface area is 173 Å². The molecule has 30 heavy (non-hydrogen) atoms. The van der Waals surface area contributed by atoms with Gasteiger partial charge in [0, 0.05) is 5.56 Å². The number of methoxy groups -OCH3 is 1. The number of nitrogens with zero attached hydrogens (tertiary/aromatic N) is 1. The fourth-order valence-corrected chi connectivity index (χ4v) is 2.76. The first-order valence-corrected chi connectivity index (χ1v) is 9.31. The summed E-state index contributed by atoms with van der Waals surface area (Å²) in [5, 5.41) is 2.58. The summed E-state index contributed by atoms with van der Waals surface area (Å²) in [5.74, 6) is -0.000141. The minimum atomic E-state index is -0.723. The molecule has 1 N–H and O–H groups in total. The van der Waals surface area contributed by atoms with Gasteiger partial charge < -0.3 is 14.8 Å². The van der Waals surface area contributed by atoms with Crippen molar-refractivity contribution in [1.29, 1.82) is 0 Å². The van der Waals surface area contributed by atoms with Crippen molar-refractivity contribution in [2.45, 2.75) is 19.4 Å². The molecule has 3 rings (SSSR count). The first-order chi connectivity index (χ1) is 14.4. The number of carbonyl (C=O) groups excluding carboxylic acids is 2. The number of halogens is 1. The second kappa shape index (κ2) is 9.65. The van der Waals surface area contributed by atoms with Crippen molar-refractivity contribution in [3.05, 3.63) is 78.2 Å². The monoisotopic (exact) mass is 408 g/mol. The largest absolute Gasteiger partial charge is 0.467 e. The van der Waals surface area contributed by atoms with Crippen molar-refractivity contribution in [2.75, 3.05) is 7.11 Å². The summed E-state index contributed by atoms with van der Waals surface area (Å²) in [6.45, 7) is 1.56. The number of hydrogen-bond acceptors (Lipinski definition) is 5. The number of nitrogens with one attached hydrogen (secondary N) is 1. The van der Waals surface area contributed by atoms with Crippen LogP contribution < -0.4 is 10.1 Å². The lowest BCUT2D eigenvalue weighted by atomic mass is 10.1. The first-order valence-electron chi connectivity index (χ1n) is 9.31. The van der Waals surface area contributed by atoms with Gasteiger partial charge in [0.05, 0.1) is 24.9 Å². The number of amides is 1. The Morgan fingerprint density at radius 2 is 1.63 bits per heavy atom. The highest BCUT2D eigenvalue weighted by molar-refractivity contribution is 5.85. The Morgan fingerprint density at radius 3 is 2.27 bits per heavy atom. The van der Waals surface area contributed by atoms with E-state index in [0.717, 1.165) is 5.56 Å². The number of aromatic nitrogens is 1. The van der Waals surface area contributed by atoms with Gasteiger partial charge in [0.15, 0.2) is 0 Å².